The first-order valence-electron chi connectivity index (χ1n) is 9.12. The number of aryl methyl sites for hydroxylation is 2. The molecule has 0 aliphatic carbocycles. The van der Waals surface area contributed by atoms with E-state index in [0.29, 0.717) is 30.2 Å². The molecule has 0 bridgehead atoms. The van der Waals surface area contributed by atoms with E-state index in [1.165, 1.54) is 0 Å². The number of hydrogen-bond donors (Lipinski definition) is 0. The van der Waals surface area contributed by atoms with Crippen molar-refractivity contribution in [1.82, 2.24) is 4.90 Å². The molecule has 6 heteroatoms. The molecular weight excluding hydrogens is 358 g/mol. The molecule has 1 amide bonds. The molecule has 0 atom stereocenters. The summed E-state index contributed by atoms with van der Waals surface area (Å²) in [4.78, 5) is 26.3. The minimum absolute atomic E-state index is 0.255. The van der Waals surface area contributed by atoms with Crippen LogP contribution in [0.25, 0.3) is 0 Å². The number of methoxy groups -OCH3 is 2. The van der Waals surface area contributed by atoms with Crippen molar-refractivity contribution in [3.05, 3.63) is 58.7 Å². The van der Waals surface area contributed by atoms with Gasteiger partial charge in [-0.25, -0.2) is 4.79 Å². The van der Waals surface area contributed by atoms with Crippen molar-refractivity contribution in [2.24, 2.45) is 0 Å². The Hall–Kier alpha value is -3.02. The van der Waals surface area contributed by atoms with Gasteiger partial charge in [-0.2, -0.15) is 0 Å². The Morgan fingerprint density at radius 3 is 2.25 bits per heavy atom. The fourth-order valence-electron chi connectivity index (χ4n) is 2.75. The van der Waals surface area contributed by atoms with Crippen molar-refractivity contribution in [3.63, 3.8) is 0 Å². The van der Waals surface area contributed by atoms with E-state index in [0.717, 1.165) is 16.7 Å². The lowest BCUT2D eigenvalue weighted by Gasteiger charge is -2.21. The van der Waals surface area contributed by atoms with Crippen molar-refractivity contribution >= 4 is 11.9 Å². The molecule has 28 heavy (non-hydrogen) atoms. The van der Waals surface area contributed by atoms with Gasteiger partial charge in [0.2, 0.25) is 0 Å². The van der Waals surface area contributed by atoms with E-state index in [1.54, 1.807) is 37.3 Å². The summed E-state index contributed by atoms with van der Waals surface area (Å²) in [7, 11) is 3.14. The minimum Gasteiger partial charge on any atom is -0.493 e. The van der Waals surface area contributed by atoms with Crippen LogP contribution >= 0.6 is 0 Å². The third-order valence-corrected chi connectivity index (χ3v) is 4.63. The molecule has 0 saturated carbocycles. The molecule has 0 radical (unpaired) electrons. The molecule has 0 fully saturated rings. The molecule has 0 N–H and O–H groups in total. The Labute approximate surface area is 166 Å². The van der Waals surface area contributed by atoms with Crippen LogP contribution in [-0.2, 0) is 16.1 Å². The molecule has 2 aromatic carbocycles. The summed E-state index contributed by atoms with van der Waals surface area (Å²) in [6.45, 7) is 6.36. The number of benzene rings is 2. The molecule has 0 aliphatic heterocycles. The third-order valence-electron chi connectivity index (χ3n) is 4.63. The van der Waals surface area contributed by atoms with Crippen molar-refractivity contribution in [2.75, 3.05) is 27.4 Å². The van der Waals surface area contributed by atoms with Gasteiger partial charge in [0, 0.05) is 13.1 Å². The Bertz CT molecular complexity index is 847. The Kier molecular flexibility index (Phi) is 7.44. The maximum Gasteiger partial charge on any atom is 0.338 e. The highest BCUT2D eigenvalue weighted by molar-refractivity contribution is 5.91. The Morgan fingerprint density at radius 2 is 1.64 bits per heavy atom. The summed E-state index contributed by atoms with van der Waals surface area (Å²) >= 11 is 0. The predicted octanol–water partition coefficient (Wildman–Crippen LogP) is 3.53. The van der Waals surface area contributed by atoms with Gasteiger partial charge in [-0.1, -0.05) is 12.1 Å². The molecule has 0 aromatic heterocycles. The maximum atomic E-state index is 12.5. The van der Waals surface area contributed by atoms with E-state index < -0.39 is 5.97 Å². The van der Waals surface area contributed by atoms with Crippen molar-refractivity contribution in [2.45, 2.75) is 27.3 Å². The van der Waals surface area contributed by atoms with Crippen LogP contribution in [0.5, 0.6) is 11.5 Å². The average Bonchev–Trinajstić information content (AvgIpc) is 2.71. The molecule has 0 aliphatic rings. The van der Waals surface area contributed by atoms with E-state index in [-0.39, 0.29) is 12.5 Å². The largest absolute Gasteiger partial charge is 0.493 e. The standard InChI is InChI=1S/C22H27NO5/c1-6-23(13-17-8-10-19(26-4)20(12-17)27-5)21(24)14-28-22(25)18-9-7-15(2)16(3)11-18/h7-12H,6,13-14H2,1-5H3. The van der Waals surface area contributed by atoms with E-state index >= 15 is 0 Å². The van der Waals surface area contributed by atoms with Crippen LogP contribution in [0.3, 0.4) is 0 Å². The fraction of sp³-hybridized carbons (Fsp3) is 0.364. The van der Waals surface area contributed by atoms with Crippen LogP contribution in [0, 0.1) is 13.8 Å². The summed E-state index contributed by atoms with van der Waals surface area (Å²) in [5.74, 6) is 0.473. The summed E-state index contributed by atoms with van der Waals surface area (Å²) in [6.07, 6.45) is 0. The van der Waals surface area contributed by atoms with Gasteiger partial charge in [-0.15, -0.1) is 0 Å². The number of nitrogens with zero attached hydrogens (tertiary/aromatic N) is 1. The first-order chi connectivity index (χ1) is 13.4. The van der Waals surface area contributed by atoms with Gasteiger partial charge in [-0.05, 0) is 61.7 Å². The van der Waals surface area contributed by atoms with E-state index in [2.05, 4.69) is 0 Å². The molecule has 0 heterocycles. The first-order valence-corrected chi connectivity index (χ1v) is 9.12. The molecule has 2 aromatic rings. The predicted molar refractivity (Wildman–Crippen MR) is 107 cm³/mol. The highest BCUT2D eigenvalue weighted by Crippen LogP contribution is 2.28. The smallest absolute Gasteiger partial charge is 0.338 e. The highest BCUT2D eigenvalue weighted by atomic mass is 16.5. The second-order valence-corrected chi connectivity index (χ2v) is 6.47. The van der Waals surface area contributed by atoms with Gasteiger partial charge in [0.05, 0.1) is 19.8 Å². The monoisotopic (exact) mass is 385 g/mol. The molecule has 150 valence electrons. The normalized spacial score (nSPS) is 10.3. The number of hydrogen-bond acceptors (Lipinski definition) is 5. The summed E-state index contributed by atoms with van der Waals surface area (Å²) < 4.78 is 15.7. The van der Waals surface area contributed by atoms with Crippen LogP contribution in [0.4, 0.5) is 0 Å². The fourth-order valence-corrected chi connectivity index (χ4v) is 2.75. The number of likely N-dealkylation sites (N-methyl/N-ethyl adjacent to an activating group) is 1. The van der Waals surface area contributed by atoms with Crippen molar-refractivity contribution in [1.29, 1.82) is 0 Å². The van der Waals surface area contributed by atoms with E-state index in [1.807, 2.05) is 39.0 Å². The molecule has 0 unspecified atom stereocenters. The van der Waals surface area contributed by atoms with Crippen LogP contribution in [-0.4, -0.2) is 44.1 Å². The summed E-state index contributed by atoms with van der Waals surface area (Å²) in [6, 6.07) is 10.8. The lowest BCUT2D eigenvalue weighted by molar-refractivity contribution is -0.134. The maximum absolute atomic E-state index is 12.5. The van der Waals surface area contributed by atoms with Gasteiger partial charge in [0.15, 0.2) is 18.1 Å². The van der Waals surface area contributed by atoms with Gasteiger partial charge in [0.25, 0.3) is 5.91 Å². The molecule has 0 spiro atoms. The lowest BCUT2D eigenvalue weighted by atomic mass is 10.1. The van der Waals surface area contributed by atoms with Gasteiger partial charge < -0.3 is 19.1 Å². The van der Waals surface area contributed by atoms with Crippen LogP contribution in [0.2, 0.25) is 0 Å². The molecule has 2 rings (SSSR count). The second-order valence-electron chi connectivity index (χ2n) is 6.47. The first kappa shape index (κ1) is 21.3. The number of esters is 1. The Morgan fingerprint density at radius 1 is 0.929 bits per heavy atom. The number of amides is 1. The van der Waals surface area contributed by atoms with Crippen molar-refractivity contribution < 1.29 is 23.8 Å². The van der Waals surface area contributed by atoms with Crippen LogP contribution < -0.4 is 9.47 Å². The molecular formula is C22H27NO5. The van der Waals surface area contributed by atoms with Gasteiger partial charge in [0.1, 0.15) is 0 Å². The number of carbonyl (C=O) groups is 2. The third kappa shape index (κ3) is 5.25. The zero-order valence-electron chi connectivity index (χ0n) is 17.1. The zero-order valence-corrected chi connectivity index (χ0v) is 17.1. The van der Waals surface area contributed by atoms with Crippen molar-refractivity contribution in [3.8, 4) is 11.5 Å². The average molecular weight is 385 g/mol. The molecule has 6 nitrogen and oxygen atoms in total. The quantitative estimate of drug-likeness (QED) is 0.651. The summed E-state index contributed by atoms with van der Waals surface area (Å²) in [5.41, 5.74) is 3.44. The van der Waals surface area contributed by atoms with Crippen LogP contribution in [0.1, 0.15) is 34.0 Å². The van der Waals surface area contributed by atoms with E-state index in [9.17, 15) is 9.59 Å². The summed E-state index contributed by atoms with van der Waals surface area (Å²) in [5, 5.41) is 0. The minimum atomic E-state index is -0.501. The van der Waals surface area contributed by atoms with Gasteiger partial charge in [-0.3, -0.25) is 4.79 Å². The highest BCUT2D eigenvalue weighted by Gasteiger charge is 2.17. The second kappa shape index (κ2) is 9.78. The number of ether oxygens (including phenoxy) is 3. The Balaban J connectivity index is 1.99. The number of rotatable bonds is 8. The zero-order chi connectivity index (χ0) is 20.7. The van der Waals surface area contributed by atoms with Gasteiger partial charge >= 0.3 is 5.97 Å². The van der Waals surface area contributed by atoms with E-state index in [4.69, 9.17) is 14.2 Å². The molecule has 0 saturated heterocycles. The lowest BCUT2D eigenvalue weighted by Crippen LogP contribution is -2.34. The topological polar surface area (TPSA) is 65.1 Å². The van der Waals surface area contributed by atoms with Crippen LogP contribution in [0.15, 0.2) is 36.4 Å². The SMILES string of the molecule is CCN(Cc1ccc(OC)c(OC)c1)C(=O)COC(=O)c1ccc(C)c(C)c1. The number of carbonyl (C=O) groups excluding carboxylic acids is 2.